The molecule has 22 heavy (non-hydrogen) atoms. The Balaban J connectivity index is 1.88. The Morgan fingerprint density at radius 3 is 2.64 bits per heavy atom. The van der Waals surface area contributed by atoms with Gasteiger partial charge in [0.15, 0.2) is 0 Å². The van der Waals surface area contributed by atoms with Crippen molar-refractivity contribution >= 4 is 23.2 Å². The van der Waals surface area contributed by atoms with Gasteiger partial charge in [-0.2, -0.15) is 0 Å². The number of carbonyl (C=O) groups is 2. The second-order valence-electron chi connectivity index (χ2n) is 5.47. The normalized spacial score (nSPS) is 15.2. The molecule has 0 radical (unpaired) electrons. The maximum atomic E-state index is 12.7. The Kier molecular flexibility index (Phi) is 3.75. The predicted octanol–water partition coefficient (Wildman–Crippen LogP) is 1.40. The van der Waals surface area contributed by atoms with Gasteiger partial charge in [0.25, 0.3) is 5.91 Å². The molecule has 1 aliphatic rings. The van der Waals surface area contributed by atoms with Crippen molar-refractivity contribution in [3.63, 3.8) is 0 Å². The van der Waals surface area contributed by atoms with Crippen molar-refractivity contribution in [1.82, 2.24) is 14.8 Å². The van der Waals surface area contributed by atoms with Crippen LogP contribution in [0.15, 0.2) is 18.2 Å². The van der Waals surface area contributed by atoms with E-state index >= 15 is 0 Å². The number of fused-ring (bicyclic) bond motifs is 1. The molecule has 0 spiro atoms. The average Bonchev–Trinajstić information content (AvgIpc) is 2.90. The lowest BCUT2D eigenvalue weighted by atomic mass is 10.1. The molecule has 0 bridgehead atoms. The van der Waals surface area contributed by atoms with Crippen LogP contribution in [0.1, 0.15) is 16.1 Å². The predicted molar refractivity (Wildman–Crippen MR) is 83.1 cm³/mol. The summed E-state index contributed by atoms with van der Waals surface area (Å²) in [6, 6.07) is 5.72. The third kappa shape index (κ3) is 2.41. The van der Waals surface area contributed by atoms with Gasteiger partial charge in [0.2, 0.25) is 6.41 Å². The summed E-state index contributed by atoms with van der Waals surface area (Å²) < 4.78 is 5.24. The zero-order valence-electron chi connectivity index (χ0n) is 12.8. The Morgan fingerprint density at radius 1 is 1.27 bits per heavy atom. The summed E-state index contributed by atoms with van der Waals surface area (Å²) >= 11 is 0. The standard InChI is InChI=1S/C16H19N3O3/c1-11-13-9-12(22-2)3-4-14(13)17-15(11)16(21)19-7-5-18(10-20)6-8-19/h3-4,9-10,17H,5-8H2,1-2H3. The maximum Gasteiger partial charge on any atom is 0.270 e. The second-order valence-corrected chi connectivity index (χ2v) is 5.47. The number of benzene rings is 1. The molecule has 1 aromatic carbocycles. The minimum atomic E-state index is -0.0155. The number of nitrogens with one attached hydrogen (secondary N) is 1. The van der Waals surface area contributed by atoms with E-state index in [0.29, 0.717) is 31.9 Å². The van der Waals surface area contributed by atoms with E-state index in [1.54, 1.807) is 16.9 Å². The molecule has 2 amide bonds. The van der Waals surface area contributed by atoms with Crippen LogP contribution in [0, 0.1) is 6.92 Å². The van der Waals surface area contributed by atoms with Crippen molar-refractivity contribution in [2.45, 2.75) is 6.92 Å². The van der Waals surface area contributed by atoms with Gasteiger partial charge in [-0.1, -0.05) is 0 Å². The van der Waals surface area contributed by atoms with Crippen molar-refractivity contribution in [1.29, 1.82) is 0 Å². The summed E-state index contributed by atoms with van der Waals surface area (Å²) in [6.07, 6.45) is 0.836. The molecule has 1 aromatic heterocycles. The topological polar surface area (TPSA) is 65.6 Å². The van der Waals surface area contributed by atoms with Crippen LogP contribution in [0.2, 0.25) is 0 Å². The largest absolute Gasteiger partial charge is 0.497 e. The first-order valence-corrected chi connectivity index (χ1v) is 7.29. The monoisotopic (exact) mass is 301 g/mol. The van der Waals surface area contributed by atoms with Crippen LogP contribution in [0.5, 0.6) is 5.75 Å². The highest BCUT2D eigenvalue weighted by Crippen LogP contribution is 2.26. The minimum absolute atomic E-state index is 0.0155. The van der Waals surface area contributed by atoms with E-state index in [2.05, 4.69) is 4.98 Å². The van der Waals surface area contributed by atoms with Gasteiger partial charge in [0.1, 0.15) is 11.4 Å². The van der Waals surface area contributed by atoms with E-state index in [1.165, 1.54) is 0 Å². The zero-order chi connectivity index (χ0) is 15.7. The number of rotatable bonds is 3. The molecule has 2 aromatic rings. The number of piperazine rings is 1. The van der Waals surface area contributed by atoms with Crippen LogP contribution >= 0.6 is 0 Å². The Hall–Kier alpha value is -2.50. The lowest BCUT2D eigenvalue weighted by molar-refractivity contribution is -0.119. The van der Waals surface area contributed by atoms with Gasteiger partial charge in [0, 0.05) is 37.1 Å². The van der Waals surface area contributed by atoms with Gasteiger partial charge < -0.3 is 19.5 Å². The van der Waals surface area contributed by atoms with Gasteiger partial charge in [0.05, 0.1) is 7.11 Å². The van der Waals surface area contributed by atoms with E-state index in [1.807, 2.05) is 25.1 Å². The van der Waals surface area contributed by atoms with Crippen LogP contribution in [-0.2, 0) is 4.79 Å². The van der Waals surface area contributed by atoms with Gasteiger partial charge in [-0.05, 0) is 30.7 Å². The molecular weight excluding hydrogens is 282 g/mol. The first-order chi connectivity index (χ1) is 10.6. The van der Waals surface area contributed by atoms with E-state index < -0.39 is 0 Å². The number of nitrogens with zero attached hydrogens (tertiary/aromatic N) is 2. The highest BCUT2D eigenvalue weighted by atomic mass is 16.5. The third-order valence-corrected chi connectivity index (χ3v) is 4.23. The summed E-state index contributed by atoms with van der Waals surface area (Å²) in [5.41, 5.74) is 2.47. The highest BCUT2D eigenvalue weighted by Gasteiger charge is 2.24. The second kappa shape index (κ2) is 5.71. The number of aromatic amines is 1. The summed E-state index contributed by atoms with van der Waals surface area (Å²) in [6.45, 7) is 4.24. The van der Waals surface area contributed by atoms with Crippen molar-refractivity contribution in [3.05, 3.63) is 29.5 Å². The number of amides is 2. The van der Waals surface area contributed by atoms with Gasteiger partial charge in [-0.3, -0.25) is 9.59 Å². The molecule has 1 saturated heterocycles. The average molecular weight is 301 g/mol. The van der Waals surface area contributed by atoms with Crippen molar-refractivity contribution < 1.29 is 14.3 Å². The zero-order valence-corrected chi connectivity index (χ0v) is 12.8. The number of aryl methyl sites for hydroxylation is 1. The molecule has 0 unspecified atom stereocenters. The highest BCUT2D eigenvalue weighted by molar-refractivity contribution is 6.01. The minimum Gasteiger partial charge on any atom is -0.497 e. The number of hydrogen-bond acceptors (Lipinski definition) is 3. The fourth-order valence-corrected chi connectivity index (χ4v) is 2.84. The molecule has 6 nitrogen and oxygen atoms in total. The number of ether oxygens (including phenoxy) is 1. The molecule has 2 heterocycles. The van der Waals surface area contributed by atoms with Crippen LogP contribution in [-0.4, -0.2) is 60.4 Å². The number of methoxy groups -OCH3 is 1. The van der Waals surface area contributed by atoms with E-state index in [9.17, 15) is 9.59 Å². The first-order valence-electron chi connectivity index (χ1n) is 7.29. The van der Waals surface area contributed by atoms with Crippen molar-refractivity contribution in [2.75, 3.05) is 33.3 Å². The van der Waals surface area contributed by atoms with Gasteiger partial charge >= 0.3 is 0 Å². The van der Waals surface area contributed by atoms with Gasteiger partial charge in [-0.15, -0.1) is 0 Å². The van der Waals surface area contributed by atoms with Crippen molar-refractivity contribution in [3.8, 4) is 5.75 Å². The van der Waals surface area contributed by atoms with Crippen LogP contribution in [0.3, 0.4) is 0 Å². The Bertz CT molecular complexity index is 715. The number of hydrogen-bond donors (Lipinski definition) is 1. The first kappa shape index (κ1) is 14.4. The fourth-order valence-electron chi connectivity index (χ4n) is 2.84. The summed E-state index contributed by atoms with van der Waals surface area (Å²) in [4.78, 5) is 30.1. The van der Waals surface area contributed by atoms with Gasteiger partial charge in [-0.25, -0.2) is 0 Å². The molecule has 0 atom stereocenters. The third-order valence-electron chi connectivity index (χ3n) is 4.23. The molecule has 6 heteroatoms. The van der Waals surface area contributed by atoms with Crippen LogP contribution < -0.4 is 4.74 Å². The SMILES string of the molecule is COc1ccc2[nH]c(C(=O)N3CCN(C=O)CC3)c(C)c2c1. The summed E-state index contributed by atoms with van der Waals surface area (Å²) in [7, 11) is 1.63. The molecule has 1 fully saturated rings. The summed E-state index contributed by atoms with van der Waals surface area (Å²) in [5.74, 6) is 0.756. The molecule has 1 N–H and O–H groups in total. The Morgan fingerprint density at radius 2 is 2.00 bits per heavy atom. The molecule has 1 aliphatic heterocycles. The molecular formula is C16H19N3O3. The Labute approximate surface area is 128 Å². The number of aromatic nitrogens is 1. The molecule has 0 saturated carbocycles. The molecule has 116 valence electrons. The number of carbonyl (C=O) groups excluding carboxylic acids is 2. The quantitative estimate of drug-likeness (QED) is 0.872. The van der Waals surface area contributed by atoms with E-state index in [0.717, 1.165) is 28.6 Å². The fraction of sp³-hybridized carbons (Fsp3) is 0.375. The van der Waals surface area contributed by atoms with Crippen LogP contribution in [0.4, 0.5) is 0 Å². The molecule has 0 aliphatic carbocycles. The van der Waals surface area contributed by atoms with E-state index in [4.69, 9.17) is 4.74 Å². The van der Waals surface area contributed by atoms with E-state index in [-0.39, 0.29) is 5.91 Å². The number of H-pyrrole nitrogens is 1. The summed E-state index contributed by atoms with van der Waals surface area (Å²) in [5, 5.41) is 0.995. The molecule has 3 rings (SSSR count). The lowest BCUT2D eigenvalue weighted by Gasteiger charge is -2.32. The van der Waals surface area contributed by atoms with Crippen LogP contribution in [0.25, 0.3) is 10.9 Å². The lowest BCUT2D eigenvalue weighted by Crippen LogP contribution is -2.48. The van der Waals surface area contributed by atoms with Crippen molar-refractivity contribution in [2.24, 2.45) is 0 Å². The maximum absolute atomic E-state index is 12.7. The smallest absolute Gasteiger partial charge is 0.270 e.